The number of rotatable bonds is 2. The molecule has 5 heteroatoms. The van der Waals surface area contributed by atoms with Crippen molar-refractivity contribution in [3.05, 3.63) is 23.1 Å². The van der Waals surface area contributed by atoms with Crippen LogP contribution in [0.15, 0.2) is 6.20 Å². The van der Waals surface area contributed by atoms with E-state index in [0.717, 1.165) is 34.2 Å². The van der Waals surface area contributed by atoms with Crippen molar-refractivity contribution in [2.75, 3.05) is 12.4 Å². The molecule has 0 fully saturated rings. The first kappa shape index (κ1) is 11.6. The van der Waals surface area contributed by atoms with Crippen molar-refractivity contribution in [3.63, 3.8) is 0 Å². The molecular weight excluding hydrogens is 214 g/mol. The van der Waals surface area contributed by atoms with Gasteiger partial charge in [0.2, 0.25) is 0 Å². The molecule has 0 saturated heterocycles. The predicted octanol–water partition coefficient (Wildman–Crippen LogP) is 1.84. The van der Waals surface area contributed by atoms with Crippen molar-refractivity contribution in [2.24, 2.45) is 7.05 Å². The molecule has 0 aromatic carbocycles. The van der Waals surface area contributed by atoms with Crippen LogP contribution in [-0.2, 0) is 7.05 Å². The Morgan fingerprint density at radius 1 is 1.12 bits per heavy atom. The lowest BCUT2D eigenvalue weighted by atomic mass is 10.2. The minimum Gasteiger partial charge on any atom is -0.373 e. The summed E-state index contributed by atoms with van der Waals surface area (Å²) in [7, 11) is 3.77. The SMILES string of the molecule is CNc1nc(-c2cn(C)nc2C)nc(C)c1C. The Balaban J connectivity index is 2.60. The summed E-state index contributed by atoms with van der Waals surface area (Å²) >= 11 is 0. The van der Waals surface area contributed by atoms with Crippen LogP contribution < -0.4 is 5.32 Å². The molecule has 0 aliphatic rings. The van der Waals surface area contributed by atoms with Gasteiger partial charge in [0.25, 0.3) is 0 Å². The van der Waals surface area contributed by atoms with E-state index in [1.165, 1.54) is 0 Å². The third kappa shape index (κ3) is 2.00. The molecular formula is C12H17N5. The van der Waals surface area contributed by atoms with Gasteiger partial charge in [-0.25, -0.2) is 9.97 Å². The maximum absolute atomic E-state index is 4.52. The highest BCUT2D eigenvalue weighted by Crippen LogP contribution is 2.23. The van der Waals surface area contributed by atoms with Gasteiger partial charge >= 0.3 is 0 Å². The number of nitrogens with zero attached hydrogens (tertiary/aromatic N) is 4. The average Bonchev–Trinajstić information content (AvgIpc) is 2.61. The average molecular weight is 231 g/mol. The fraction of sp³-hybridized carbons (Fsp3) is 0.417. The Morgan fingerprint density at radius 3 is 2.35 bits per heavy atom. The molecule has 17 heavy (non-hydrogen) atoms. The van der Waals surface area contributed by atoms with E-state index in [1.54, 1.807) is 4.68 Å². The number of hydrogen-bond donors (Lipinski definition) is 1. The lowest BCUT2D eigenvalue weighted by Gasteiger charge is -2.08. The van der Waals surface area contributed by atoms with E-state index < -0.39 is 0 Å². The van der Waals surface area contributed by atoms with Crippen LogP contribution in [0.5, 0.6) is 0 Å². The molecule has 2 aromatic rings. The van der Waals surface area contributed by atoms with Gasteiger partial charge in [-0.1, -0.05) is 0 Å². The third-order valence-corrected chi connectivity index (χ3v) is 2.88. The van der Waals surface area contributed by atoms with Crippen molar-refractivity contribution in [1.82, 2.24) is 19.7 Å². The zero-order valence-electron chi connectivity index (χ0n) is 10.9. The summed E-state index contributed by atoms with van der Waals surface area (Å²) in [5.74, 6) is 1.60. The van der Waals surface area contributed by atoms with Gasteiger partial charge in [0.15, 0.2) is 5.82 Å². The van der Waals surface area contributed by atoms with E-state index in [1.807, 2.05) is 41.1 Å². The van der Waals surface area contributed by atoms with Crippen molar-refractivity contribution >= 4 is 5.82 Å². The molecule has 0 amide bonds. The van der Waals surface area contributed by atoms with Gasteiger partial charge in [0.05, 0.1) is 11.3 Å². The molecule has 2 aromatic heterocycles. The highest BCUT2D eigenvalue weighted by Gasteiger charge is 2.12. The maximum Gasteiger partial charge on any atom is 0.165 e. The molecule has 0 radical (unpaired) electrons. The van der Waals surface area contributed by atoms with Crippen LogP contribution in [0.25, 0.3) is 11.4 Å². The van der Waals surface area contributed by atoms with Crippen LogP contribution in [0.1, 0.15) is 17.0 Å². The molecule has 0 aliphatic carbocycles. The van der Waals surface area contributed by atoms with Crippen molar-refractivity contribution in [2.45, 2.75) is 20.8 Å². The summed E-state index contributed by atoms with van der Waals surface area (Å²) in [5.41, 5.74) is 3.99. The van der Waals surface area contributed by atoms with Crippen LogP contribution in [0.2, 0.25) is 0 Å². The van der Waals surface area contributed by atoms with Gasteiger partial charge < -0.3 is 5.32 Å². The van der Waals surface area contributed by atoms with Gasteiger partial charge in [-0.05, 0) is 20.8 Å². The molecule has 0 aliphatic heterocycles. The minimum absolute atomic E-state index is 0.725. The summed E-state index contributed by atoms with van der Waals surface area (Å²) in [6, 6.07) is 0. The highest BCUT2D eigenvalue weighted by atomic mass is 15.3. The van der Waals surface area contributed by atoms with Crippen LogP contribution in [0, 0.1) is 20.8 Å². The van der Waals surface area contributed by atoms with Gasteiger partial charge in [-0.15, -0.1) is 0 Å². The zero-order valence-corrected chi connectivity index (χ0v) is 10.9. The van der Waals surface area contributed by atoms with Gasteiger partial charge in [-0.2, -0.15) is 5.10 Å². The van der Waals surface area contributed by atoms with E-state index in [2.05, 4.69) is 20.4 Å². The Hall–Kier alpha value is -1.91. The van der Waals surface area contributed by atoms with E-state index >= 15 is 0 Å². The largest absolute Gasteiger partial charge is 0.373 e. The molecule has 1 N–H and O–H groups in total. The van der Waals surface area contributed by atoms with E-state index in [9.17, 15) is 0 Å². The molecule has 2 heterocycles. The second-order valence-electron chi connectivity index (χ2n) is 4.16. The van der Waals surface area contributed by atoms with Crippen molar-refractivity contribution in [3.8, 4) is 11.4 Å². The highest BCUT2D eigenvalue weighted by molar-refractivity contribution is 5.60. The predicted molar refractivity (Wildman–Crippen MR) is 68.0 cm³/mol. The molecule has 0 spiro atoms. The normalized spacial score (nSPS) is 10.6. The molecule has 5 nitrogen and oxygen atoms in total. The van der Waals surface area contributed by atoms with Crippen LogP contribution in [-0.4, -0.2) is 26.8 Å². The van der Waals surface area contributed by atoms with Crippen molar-refractivity contribution < 1.29 is 0 Å². The fourth-order valence-corrected chi connectivity index (χ4v) is 1.81. The molecule has 0 atom stereocenters. The Kier molecular flexibility index (Phi) is 2.83. The maximum atomic E-state index is 4.52. The lowest BCUT2D eigenvalue weighted by molar-refractivity contribution is 0.756. The summed E-state index contributed by atoms with van der Waals surface area (Å²) in [5, 5.41) is 7.41. The summed E-state index contributed by atoms with van der Waals surface area (Å²) in [6.45, 7) is 5.97. The minimum atomic E-state index is 0.725. The molecule has 0 bridgehead atoms. The topological polar surface area (TPSA) is 55.6 Å². The zero-order chi connectivity index (χ0) is 12.6. The Labute approximate surface area is 101 Å². The Morgan fingerprint density at radius 2 is 1.82 bits per heavy atom. The second kappa shape index (κ2) is 4.16. The summed E-state index contributed by atoms with van der Waals surface area (Å²) in [4.78, 5) is 9.04. The van der Waals surface area contributed by atoms with Crippen LogP contribution in [0.3, 0.4) is 0 Å². The monoisotopic (exact) mass is 231 g/mol. The smallest absolute Gasteiger partial charge is 0.165 e. The van der Waals surface area contributed by atoms with Crippen LogP contribution in [0.4, 0.5) is 5.82 Å². The third-order valence-electron chi connectivity index (χ3n) is 2.88. The number of aromatic nitrogens is 4. The molecule has 0 unspecified atom stereocenters. The van der Waals surface area contributed by atoms with Gasteiger partial charge in [-0.3, -0.25) is 4.68 Å². The molecule has 0 saturated carbocycles. The van der Waals surface area contributed by atoms with Crippen molar-refractivity contribution in [1.29, 1.82) is 0 Å². The van der Waals surface area contributed by atoms with Crippen LogP contribution >= 0.6 is 0 Å². The molecule has 90 valence electrons. The number of hydrogen-bond acceptors (Lipinski definition) is 4. The van der Waals surface area contributed by atoms with E-state index in [0.29, 0.717) is 0 Å². The number of aryl methyl sites for hydroxylation is 3. The first-order valence-electron chi connectivity index (χ1n) is 5.56. The Bertz CT molecular complexity index is 556. The second-order valence-corrected chi connectivity index (χ2v) is 4.16. The standard InChI is InChI=1S/C12H17N5/c1-7-8(2)14-12(15-11(7)13-4)10-6-17(5)16-9(10)3/h6H,1-5H3,(H,13,14,15). The van der Waals surface area contributed by atoms with Gasteiger partial charge in [0.1, 0.15) is 5.82 Å². The first-order valence-corrected chi connectivity index (χ1v) is 5.56. The lowest BCUT2D eigenvalue weighted by Crippen LogP contribution is -2.02. The fourth-order valence-electron chi connectivity index (χ4n) is 1.81. The van der Waals surface area contributed by atoms with Gasteiger partial charge in [0, 0.05) is 31.5 Å². The quantitative estimate of drug-likeness (QED) is 0.857. The number of nitrogens with one attached hydrogen (secondary N) is 1. The number of anilines is 1. The molecule has 2 rings (SSSR count). The van der Waals surface area contributed by atoms with E-state index in [-0.39, 0.29) is 0 Å². The van der Waals surface area contributed by atoms with E-state index in [4.69, 9.17) is 0 Å². The first-order chi connectivity index (χ1) is 8.02. The summed E-state index contributed by atoms with van der Waals surface area (Å²) < 4.78 is 1.78. The summed E-state index contributed by atoms with van der Waals surface area (Å²) in [6.07, 6.45) is 1.94.